The van der Waals surface area contributed by atoms with Gasteiger partial charge < -0.3 is 5.73 Å². The van der Waals surface area contributed by atoms with Gasteiger partial charge in [-0.05, 0) is 12.5 Å². The summed E-state index contributed by atoms with van der Waals surface area (Å²) in [5.41, 5.74) is 5.47. The Labute approximate surface area is 93.4 Å². The van der Waals surface area contributed by atoms with Gasteiger partial charge in [0.15, 0.2) is 0 Å². The van der Waals surface area contributed by atoms with Crippen molar-refractivity contribution in [3.63, 3.8) is 0 Å². The van der Waals surface area contributed by atoms with E-state index in [1.807, 2.05) is 20.8 Å². The highest BCUT2D eigenvalue weighted by Crippen LogP contribution is 2.08. The number of nitrogens with two attached hydrogens (primary N) is 1. The van der Waals surface area contributed by atoms with E-state index in [2.05, 4.69) is 0 Å². The third-order valence-electron chi connectivity index (χ3n) is 2.40. The van der Waals surface area contributed by atoms with Gasteiger partial charge in [-0.25, -0.2) is 0 Å². The van der Waals surface area contributed by atoms with Crippen molar-refractivity contribution in [2.75, 3.05) is 33.2 Å². The fourth-order valence-corrected chi connectivity index (χ4v) is 2.84. The molecule has 0 saturated carbocycles. The highest BCUT2D eigenvalue weighted by atomic mass is 32.2. The highest BCUT2D eigenvalue weighted by molar-refractivity contribution is 7.86. The third-order valence-corrected chi connectivity index (χ3v) is 4.50. The molecule has 0 saturated heterocycles. The van der Waals surface area contributed by atoms with Gasteiger partial charge in [-0.3, -0.25) is 0 Å². The second-order valence-electron chi connectivity index (χ2n) is 3.71. The Morgan fingerprint density at radius 2 is 1.73 bits per heavy atom. The van der Waals surface area contributed by atoms with Crippen LogP contribution in [0.15, 0.2) is 0 Å². The highest BCUT2D eigenvalue weighted by Gasteiger charge is 2.24. The van der Waals surface area contributed by atoms with Gasteiger partial charge in [0.2, 0.25) is 0 Å². The fourth-order valence-electron chi connectivity index (χ4n) is 1.35. The van der Waals surface area contributed by atoms with Gasteiger partial charge in [0.1, 0.15) is 0 Å². The SMILES string of the molecule is CCN(CC)S(=O)(=O)N(C)CC(C)CN. The molecule has 0 bridgehead atoms. The zero-order chi connectivity index (χ0) is 12.1. The Hall–Kier alpha value is -0.170. The molecule has 0 spiro atoms. The molecule has 0 aromatic heterocycles. The molecule has 0 fully saturated rings. The molecule has 92 valence electrons. The standard InChI is InChI=1S/C9H23N3O2S/c1-5-12(6-2)15(13,14)11(4)8-9(3)7-10/h9H,5-8,10H2,1-4H3. The fraction of sp³-hybridized carbons (Fsp3) is 1.00. The van der Waals surface area contributed by atoms with Crippen LogP contribution >= 0.6 is 0 Å². The van der Waals surface area contributed by atoms with E-state index in [-0.39, 0.29) is 5.92 Å². The van der Waals surface area contributed by atoms with E-state index in [4.69, 9.17) is 5.73 Å². The molecule has 0 amide bonds. The summed E-state index contributed by atoms with van der Waals surface area (Å²) in [7, 11) is -1.70. The number of hydrogen-bond donors (Lipinski definition) is 1. The predicted molar refractivity (Wildman–Crippen MR) is 62.7 cm³/mol. The van der Waals surface area contributed by atoms with Crippen LogP contribution in [0.1, 0.15) is 20.8 Å². The van der Waals surface area contributed by atoms with E-state index < -0.39 is 10.2 Å². The first-order valence-corrected chi connectivity index (χ1v) is 6.71. The van der Waals surface area contributed by atoms with Crippen molar-refractivity contribution in [1.82, 2.24) is 8.61 Å². The Bertz CT molecular complexity index is 263. The minimum atomic E-state index is -3.30. The molecule has 1 atom stereocenters. The van der Waals surface area contributed by atoms with Gasteiger partial charge >= 0.3 is 0 Å². The van der Waals surface area contributed by atoms with Gasteiger partial charge in [0.25, 0.3) is 10.2 Å². The van der Waals surface area contributed by atoms with Crippen LogP contribution in [-0.2, 0) is 10.2 Å². The first kappa shape index (κ1) is 14.8. The van der Waals surface area contributed by atoms with Crippen molar-refractivity contribution < 1.29 is 8.42 Å². The predicted octanol–water partition coefficient (Wildman–Crippen LogP) is 0.0996. The topological polar surface area (TPSA) is 66.6 Å². The molecule has 6 heteroatoms. The first-order valence-electron chi connectivity index (χ1n) is 5.31. The summed E-state index contributed by atoms with van der Waals surface area (Å²) in [6.07, 6.45) is 0. The maximum atomic E-state index is 12.0. The smallest absolute Gasteiger partial charge is 0.281 e. The molecule has 0 aromatic carbocycles. The van der Waals surface area contributed by atoms with Crippen molar-refractivity contribution in [2.45, 2.75) is 20.8 Å². The van der Waals surface area contributed by atoms with Gasteiger partial charge in [0, 0.05) is 26.7 Å². The van der Waals surface area contributed by atoms with E-state index in [0.717, 1.165) is 0 Å². The maximum Gasteiger partial charge on any atom is 0.281 e. The second kappa shape index (κ2) is 6.42. The van der Waals surface area contributed by atoms with E-state index in [0.29, 0.717) is 26.2 Å². The molecule has 1 unspecified atom stereocenters. The van der Waals surface area contributed by atoms with Gasteiger partial charge in [-0.15, -0.1) is 0 Å². The summed E-state index contributed by atoms with van der Waals surface area (Å²) < 4.78 is 26.7. The van der Waals surface area contributed by atoms with Crippen LogP contribution in [-0.4, -0.2) is 50.3 Å². The summed E-state index contributed by atoms with van der Waals surface area (Å²) >= 11 is 0. The minimum absolute atomic E-state index is 0.181. The number of hydrogen-bond acceptors (Lipinski definition) is 3. The Morgan fingerprint density at radius 1 is 1.27 bits per heavy atom. The summed E-state index contributed by atoms with van der Waals surface area (Å²) in [4.78, 5) is 0. The van der Waals surface area contributed by atoms with Crippen LogP contribution < -0.4 is 5.73 Å². The van der Waals surface area contributed by atoms with E-state index in [1.54, 1.807) is 7.05 Å². The monoisotopic (exact) mass is 237 g/mol. The van der Waals surface area contributed by atoms with Crippen molar-refractivity contribution >= 4 is 10.2 Å². The summed E-state index contributed by atoms with van der Waals surface area (Å²) in [6.45, 7) is 7.57. The lowest BCUT2D eigenvalue weighted by atomic mass is 10.2. The number of rotatable bonds is 7. The van der Waals surface area contributed by atoms with Crippen molar-refractivity contribution in [2.24, 2.45) is 11.7 Å². The van der Waals surface area contributed by atoms with Crippen LogP contribution in [0.4, 0.5) is 0 Å². The molecular weight excluding hydrogens is 214 g/mol. The van der Waals surface area contributed by atoms with Gasteiger partial charge in [-0.2, -0.15) is 17.0 Å². The molecule has 0 aliphatic carbocycles. The van der Waals surface area contributed by atoms with Crippen LogP contribution in [0.2, 0.25) is 0 Å². The molecule has 0 radical (unpaired) electrons. The molecule has 0 aliphatic heterocycles. The van der Waals surface area contributed by atoms with Crippen LogP contribution in [0.3, 0.4) is 0 Å². The summed E-state index contributed by atoms with van der Waals surface area (Å²) in [6, 6.07) is 0. The average Bonchev–Trinajstić information content (AvgIpc) is 2.18. The van der Waals surface area contributed by atoms with E-state index >= 15 is 0 Å². The Balaban J connectivity index is 4.57. The molecule has 0 aliphatic rings. The van der Waals surface area contributed by atoms with Gasteiger partial charge in [-0.1, -0.05) is 20.8 Å². The second-order valence-corrected chi connectivity index (χ2v) is 5.75. The molecule has 15 heavy (non-hydrogen) atoms. The summed E-state index contributed by atoms with van der Waals surface area (Å²) in [5, 5.41) is 0. The average molecular weight is 237 g/mol. The van der Waals surface area contributed by atoms with Crippen LogP contribution in [0.25, 0.3) is 0 Å². The molecule has 0 heterocycles. The Kier molecular flexibility index (Phi) is 6.35. The van der Waals surface area contributed by atoms with Gasteiger partial charge in [0.05, 0.1) is 0 Å². The van der Waals surface area contributed by atoms with Crippen LogP contribution in [0, 0.1) is 5.92 Å². The quantitative estimate of drug-likeness (QED) is 0.683. The zero-order valence-corrected chi connectivity index (χ0v) is 10.9. The lowest BCUT2D eigenvalue weighted by Gasteiger charge is -2.27. The van der Waals surface area contributed by atoms with Crippen molar-refractivity contribution in [3.8, 4) is 0 Å². The van der Waals surface area contributed by atoms with Crippen LogP contribution in [0.5, 0.6) is 0 Å². The third kappa shape index (κ3) is 4.06. The molecular formula is C9H23N3O2S. The minimum Gasteiger partial charge on any atom is -0.330 e. The van der Waals surface area contributed by atoms with E-state index in [1.165, 1.54) is 8.61 Å². The number of nitrogens with zero attached hydrogens (tertiary/aromatic N) is 2. The zero-order valence-electron chi connectivity index (χ0n) is 10.1. The maximum absolute atomic E-state index is 12.0. The molecule has 2 N–H and O–H groups in total. The molecule has 0 rings (SSSR count). The Morgan fingerprint density at radius 3 is 2.07 bits per heavy atom. The normalized spacial score (nSPS) is 14.9. The van der Waals surface area contributed by atoms with Crippen molar-refractivity contribution in [3.05, 3.63) is 0 Å². The van der Waals surface area contributed by atoms with Crippen molar-refractivity contribution in [1.29, 1.82) is 0 Å². The molecule has 0 aromatic rings. The largest absolute Gasteiger partial charge is 0.330 e. The lowest BCUT2D eigenvalue weighted by Crippen LogP contribution is -2.43. The first-order chi connectivity index (χ1) is 6.89. The lowest BCUT2D eigenvalue weighted by molar-refractivity contribution is 0.351. The molecule has 5 nitrogen and oxygen atoms in total. The summed E-state index contributed by atoms with van der Waals surface area (Å²) in [5.74, 6) is 0.181. The van der Waals surface area contributed by atoms with E-state index in [9.17, 15) is 8.42 Å².